The monoisotopic (exact) mass is 356 g/mol. The molecular weight excluding hydrogens is 336 g/mol. The number of rotatable bonds is 5. The van der Waals surface area contributed by atoms with E-state index in [0.29, 0.717) is 30.5 Å². The van der Waals surface area contributed by atoms with Gasteiger partial charge in [0.1, 0.15) is 0 Å². The van der Waals surface area contributed by atoms with Crippen LogP contribution in [0.3, 0.4) is 0 Å². The molecule has 0 saturated heterocycles. The Morgan fingerprint density at radius 2 is 1.92 bits per heavy atom. The van der Waals surface area contributed by atoms with Crippen molar-refractivity contribution in [3.8, 4) is 0 Å². The second-order valence-electron chi connectivity index (χ2n) is 6.38. The number of benzene rings is 1. The molecule has 2 amide bonds. The van der Waals surface area contributed by atoms with Crippen molar-refractivity contribution in [1.82, 2.24) is 5.32 Å². The van der Waals surface area contributed by atoms with Crippen LogP contribution in [0, 0.1) is 5.92 Å². The van der Waals surface area contributed by atoms with Crippen molar-refractivity contribution >= 4 is 23.5 Å². The summed E-state index contributed by atoms with van der Waals surface area (Å²) in [4.78, 5) is 37.6. The molecule has 26 heavy (non-hydrogen) atoms. The number of carbonyl (C=O) groups excluding carboxylic acids is 2. The zero-order valence-corrected chi connectivity index (χ0v) is 14.3. The first-order valence-electron chi connectivity index (χ1n) is 8.41. The molecule has 7 heteroatoms. The average Bonchev–Trinajstić information content (AvgIpc) is 3.32. The number of carboxylic acids is 1. The summed E-state index contributed by atoms with van der Waals surface area (Å²) in [7, 11) is 1.58. The van der Waals surface area contributed by atoms with Crippen molar-refractivity contribution in [3.63, 3.8) is 0 Å². The minimum atomic E-state index is -0.828. The Morgan fingerprint density at radius 3 is 2.58 bits per heavy atom. The van der Waals surface area contributed by atoms with E-state index in [0.717, 1.165) is 0 Å². The highest BCUT2D eigenvalue weighted by atomic mass is 16.4. The molecule has 2 N–H and O–H groups in total. The summed E-state index contributed by atoms with van der Waals surface area (Å²) in [5, 5.41) is 12.0. The van der Waals surface area contributed by atoms with E-state index in [1.54, 1.807) is 43.4 Å². The highest BCUT2D eigenvalue weighted by Crippen LogP contribution is 2.27. The van der Waals surface area contributed by atoms with Gasteiger partial charge in [0.05, 0.1) is 23.4 Å². The molecule has 1 aliphatic rings. The number of para-hydroxylation sites is 1. The van der Waals surface area contributed by atoms with Gasteiger partial charge in [0, 0.05) is 13.1 Å². The lowest BCUT2D eigenvalue weighted by Gasteiger charge is -2.20. The fourth-order valence-electron chi connectivity index (χ4n) is 3.23. The summed E-state index contributed by atoms with van der Waals surface area (Å²) in [6, 6.07) is 9.80. The van der Waals surface area contributed by atoms with Crippen molar-refractivity contribution < 1.29 is 23.9 Å². The van der Waals surface area contributed by atoms with Crippen molar-refractivity contribution in [1.29, 1.82) is 0 Å². The van der Waals surface area contributed by atoms with Gasteiger partial charge in [-0.25, -0.2) is 0 Å². The van der Waals surface area contributed by atoms with E-state index in [1.165, 1.54) is 11.2 Å². The number of carboxylic acid groups (broad SMARTS) is 1. The Morgan fingerprint density at radius 1 is 1.15 bits per heavy atom. The van der Waals surface area contributed by atoms with E-state index in [2.05, 4.69) is 5.32 Å². The number of nitrogens with zero attached hydrogens (tertiary/aromatic N) is 1. The lowest BCUT2D eigenvalue weighted by atomic mass is 10.1. The van der Waals surface area contributed by atoms with Crippen molar-refractivity contribution in [2.45, 2.75) is 25.3 Å². The van der Waals surface area contributed by atoms with Crippen LogP contribution in [0.25, 0.3) is 0 Å². The predicted molar refractivity (Wildman–Crippen MR) is 94.1 cm³/mol. The highest BCUT2D eigenvalue weighted by Gasteiger charge is 2.31. The summed E-state index contributed by atoms with van der Waals surface area (Å²) in [5.74, 6) is -1.75. The van der Waals surface area contributed by atoms with E-state index in [9.17, 15) is 14.4 Å². The first-order chi connectivity index (χ1) is 12.5. The predicted octanol–water partition coefficient (Wildman–Crippen LogP) is 2.54. The van der Waals surface area contributed by atoms with Crippen LogP contribution in [-0.4, -0.2) is 36.0 Å². The average molecular weight is 356 g/mol. The van der Waals surface area contributed by atoms with Crippen molar-refractivity contribution in [3.05, 3.63) is 54.0 Å². The zero-order chi connectivity index (χ0) is 18.7. The molecule has 0 radical (unpaired) electrons. The Bertz CT molecular complexity index is 815. The minimum Gasteiger partial charge on any atom is -0.481 e. The van der Waals surface area contributed by atoms with Crippen molar-refractivity contribution in [2.24, 2.45) is 5.92 Å². The van der Waals surface area contributed by atoms with Crippen LogP contribution in [0.15, 0.2) is 47.1 Å². The summed E-state index contributed by atoms with van der Waals surface area (Å²) < 4.78 is 5.13. The Balaban J connectivity index is 1.75. The van der Waals surface area contributed by atoms with Gasteiger partial charge in [0.15, 0.2) is 5.76 Å². The maximum Gasteiger partial charge on any atom is 0.306 e. The fourth-order valence-corrected chi connectivity index (χ4v) is 3.23. The van der Waals surface area contributed by atoms with Gasteiger partial charge in [-0.2, -0.15) is 0 Å². The van der Waals surface area contributed by atoms with E-state index < -0.39 is 11.9 Å². The van der Waals surface area contributed by atoms with Crippen LogP contribution >= 0.6 is 0 Å². The van der Waals surface area contributed by atoms with Gasteiger partial charge in [0.25, 0.3) is 11.8 Å². The van der Waals surface area contributed by atoms with Crippen LogP contribution < -0.4 is 10.2 Å². The number of hydrogen-bond donors (Lipinski definition) is 2. The van der Waals surface area contributed by atoms with Crippen LogP contribution in [0.2, 0.25) is 0 Å². The number of anilines is 1. The van der Waals surface area contributed by atoms with Crippen LogP contribution in [0.1, 0.15) is 40.2 Å². The maximum atomic E-state index is 12.7. The van der Waals surface area contributed by atoms with Gasteiger partial charge in [-0.3, -0.25) is 14.4 Å². The summed E-state index contributed by atoms with van der Waals surface area (Å²) in [6.07, 6.45) is 3.02. The zero-order valence-electron chi connectivity index (χ0n) is 14.3. The highest BCUT2D eigenvalue weighted by molar-refractivity contribution is 6.09. The summed E-state index contributed by atoms with van der Waals surface area (Å²) in [6.45, 7) is 0. The molecule has 0 spiro atoms. The summed E-state index contributed by atoms with van der Waals surface area (Å²) >= 11 is 0. The van der Waals surface area contributed by atoms with Gasteiger partial charge in [0.2, 0.25) is 0 Å². The van der Waals surface area contributed by atoms with Crippen LogP contribution in [-0.2, 0) is 4.79 Å². The molecule has 2 atom stereocenters. The first kappa shape index (κ1) is 17.7. The van der Waals surface area contributed by atoms with Crippen LogP contribution in [0.5, 0.6) is 0 Å². The Kier molecular flexibility index (Phi) is 5.06. The van der Waals surface area contributed by atoms with Gasteiger partial charge in [-0.15, -0.1) is 0 Å². The van der Waals surface area contributed by atoms with E-state index in [1.807, 2.05) is 0 Å². The number of nitrogens with one attached hydrogen (secondary N) is 1. The smallest absolute Gasteiger partial charge is 0.306 e. The molecule has 136 valence electrons. The molecular formula is C19H20N2O5. The quantitative estimate of drug-likeness (QED) is 0.857. The lowest BCUT2D eigenvalue weighted by Crippen LogP contribution is -2.35. The summed E-state index contributed by atoms with van der Waals surface area (Å²) in [5.41, 5.74) is 0.813. The SMILES string of the molecule is CN(C(=O)c1ccco1)c1ccccc1C(=O)N[C@H]1CC[C@@H](C(=O)O)C1. The third-order valence-corrected chi connectivity index (χ3v) is 4.66. The molecule has 0 bridgehead atoms. The number of furan rings is 1. The second kappa shape index (κ2) is 7.43. The van der Waals surface area contributed by atoms with E-state index in [4.69, 9.17) is 9.52 Å². The first-order valence-corrected chi connectivity index (χ1v) is 8.41. The number of carbonyl (C=O) groups is 3. The van der Waals surface area contributed by atoms with Gasteiger partial charge in [-0.05, 0) is 43.5 Å². The third kappa shape index (κ3) is 3.61. The Labute approximate surface area is 150 Å². The molecule has 1 aliphatic carbocycles. The maximum absolute atomic E-state index is 12.7. The molecule has 1 fully saturated rings. The number of hydrogen-bond acceptors (Lipinski definition) is 4. The van der Waals surface area contributed by atoms with E-state index in [-0.39, 0.29) is 23.6 Å². The van der Waals surface area contributed by atoms with Crippen molar-refractivity contribution in [2.75, 3.05) is 11.9 Å². The Hall–Kier alpha value is -3.09. The lowest BCUT2D eigenvalue weighted by molar-refractivity contribution is -0.141. The molecule has 1 aromatic heterocycles. The second-order valence-corrected chi connectivity index (χ2v) is 6.38. The van der Waals surface area contributed by atoms with Gasteiger partial charge >= 0.3 is 5.97 Å². The molecule has 1 saturated carbocycles. The molecule has 3 rings (SSSR count). The molecule has 1 aromatic carbocycles. The molecule has 0 aliphatic heterocycles. The van der Waals surface area contributed by atoms with Gasteiger partial charge < -0.3 is 19.7 Å². The molecule has 2 aromatic rings. The minimum absolute atomic E-state index is 0.178. The number of amides is 2. The molecule has 7 nitrogen and oxygen atoms in total. The standard InChI is InChI=1S/C19H20N2O5/c1-21(18(23)16-7-4-10-26-16)15-6-3-2-5-14(15)17(22)20-13-9-8-12(11-13)19(24)25/h2-7,10,12-13H,8-9,11H2,1H3,(H,20,22)(H,24,25)/t12-,13+/m1/s1. The van der Waals surface area contributed by atoms with Crippen LogP contribution in [0.4, 0.5) is 5.69 Å². The number of aliphatic carboxylic acids is 1. The van der Waals surface area contributed by atoms with Gasteiger partial charge in [-0.1, -0.05) is 12.1 Å². The largest absolute Gasteiger partial charge is 0.481 e. The third-order valence-electron chi connectivity index (χ3n) is 4.66. The normalized spacial score (nSPS) is 19.1. The fraction of sp³-hybridized carbons (Fsp3) is 0.316. The topological polar surface area (TPSA) is 99.9 Å². The molecule has 1 heterocycles. The molecule has 0 unspecified atom stereocenters. The van der Waals surface area contributed by atoms with E-state index >= 15 is 0 Å².